The lowest BCUT2D eigenvalue weighted by Crippen LogP contribution is -2.45. The van der Waals surface area contributed by atoms with Crippen LogP contribution >= 0.6 is 22.7 Å². The first-order valence-corrected chi connectivity index (χ1v) is 10.0. The van der Waals surface area contributed by atoms with Crippen molar-refractivity contribution in [2.75, 3.05) is 46.3 Å². The van der Waals surface area contributed by atoms with Crippen molar-refractivity contribution in [3.05, 3.63) is 28.1 Å². The zero-order valence-electron chi connectivity index (χ0n) is 14.2. The van der Waals surface area contributed by atoms with E-state index in [0.29, 0.717) is 0 Å². The number of nitrogens with one attached hydrogen (secondary N) is 1. The number of aromatic nitrogens is 1. The Morgan fingerprint density at radius 2 is 2.12 bits per heavy atom. The number of amides is 1. The minimum atomic E-state index is 0.00573. The van der Waals surface area contributed by atoms with Gasteiger partial charge in [-0.25, -0.2) is 4.98 Å². The summed E-state index contributed by atoms with van der Waals surface area (Å²) in [7, 11) is 2.17. The fourth-order valence-electron chi connectivity index (χ4n) is 2.77. The van der Waals surface area contributed by atoms with Crippen molar-refractivity contribution in [3.63, 3.8) is 0 Å². The second-order valence-electron chi connectivity index (χ2n) is 6.17. The molecule has 24 heavy (non-hydrogen) atoms. The molecular formula is C17H24N4OS2. The average molecular weight is 365 g/mol. The maximum absolute atomic E-state index is 12.4. The number of nitrogens with zero attached hydrogens (tertiary/aromatic N) is 3. The molecule has 7 heteroatoms. The number of hydrogen-bond acceptors (Lipinski definition) is 6. The van der Waals surface area contributed by atoms with Gasteiger partial charge in [0.05, 0.1) is 10.6 Å². The van der Waals surface area contributed by atoms with Gasteiger partial charge in [-0.1, -0.05) is 6.07 Å². The van der Waals surface area contributed by atoms with Crippen molar-refractivity contribution in [2.24, 2.45) is 0 Å². The molecule has 3 rings (SSSR count). The van der Waals surface area contributed by atoms with Gasteiger partial charge >= 0.3 is 0 Å². The summed E-state index contributed by atoms with van der Waals surface area (Å²) < 4.78 is 0. The van der Waals surface area contributed by atoms with Crippen LogP contribution in [0, 0.1) is 6.92 Å². The lowest BCUT2D eigenvalue weighted by molar-refractivity contribution is 0.0952. The van der Waals surface area contributed by atoms with E-state index in [1.54, 1.807) is 11.3 Å². The molecule has 3 heterocycles. The van der Waals surface area contributed by atoms with Gasteiger partial charge in [0.1, 0.15) is 9.88 Å². The van der Waals surface area contributed by atoms with Gasteiger partial charge in [0, 0.05) is 32.7 Å². The lowest BCUT2D eigenvalue weighted by atomic mass is 10.3. The first kappa shape index (κ1) is 17.5. The smallest absolute Gasteiger partial charge is 0.263 e. The second-order valence-corrected chi connectivity index (χ2v) is 8.11. The molecule has 1 amide bonds. The monoisotopic (exact) mass is 364 g/mol. The predicted octanol–water partition coefficient (Wildman–Crippen LogP) is 2.55. The summed E-state index contributed by atoms with van der Waals surface area (Å²) in [5.74, 6) is 0.00573. The molecule has 0 unspecified atom stereocenters. The van der Waals surface area contributed by atoms with Gasteiger partial charge in [-0.05, 0) is 38.4 Å². The molecule has 0 saturated carbocycles. The number of aryl methyl sites for hydroxylation is 1. The fourth-order valence-corrected chi connectivity index (χ4v) is 4.55. The molecular weight excluding hydrogens is 340 g/mol. The molecule has 1 fully saturated rings. The molecule has 2 aromatic rings. The molecule has 1 saturated heterocycles. The zero-order chi connectivity index (χ0) is 16.9. The molecule has 1 N–H and O–H groups in total. The van der Waals surface area contributed by atoms with Gasteiger partial charge in [0.2, 0.25) is 0 Å². The Balaban J connectivity index is 1.45. The van der Waals surface area contributed by atoms with Gasteiger partial charge in [0.15, 0.2) is 0 Å². The van der Waals surface area contributed by atoms with E-state index in [1.807, 2.05) is 24.4 Å². The number of thiazole rings is 1. The van der Waals surface area contributed by atoms with Crippen molar-refractivity contribution >= 4 is 28.6 Å². The Morgan fingerprint density at radius 3 is 2.83 bits per heavy atom. The molecule has 1 aliphatic heterocycles. The van der Waals surface area contributed by atoms with Gasteiger partial charge in [0.25, 0.3) is 5.91 Å². The molecule has 0 atom stereocenters. The van der Waals surface area contributed by atoms with E-state index in [9.17, 15) is 4.79 Å². The molecule has 130 valence electrons. The Labute approximate surface area is 151 Å². The van der Waals surface area contributed by atoms with Gasteiger partial charge in [-0.15, -0.1) is 22.7 Å². The third kappa shape index (κ3) is 4.42. The number of hydrogen-bond donors (Lipinski definition) is 1. The van der Waals surface area contributed by atoms with E-state index in [2.05, 4.69) is 27.1 Å². The van der Waals surface area contributed by atoms with Crippen molar-refractivity contribution in [1.29, 1.82) is 0 Å². The number of carbonyl (C=O) groups is 1. The number of likely N-dealkylation sites (N-methyl/N-ethyl adjacent to an activating group) is 1. The van der Waals surface area contributed by atoms with Crippen molar-refractivity contribution in [3.8, 4) is 9.88 Å². The summed E-state index contributed by atoms with van der Waals surface area (Å²) in [4.78, 5) is 23.6. The highest BCUT2D eigenvalue weighted by Gasteiger charge is 2.17. The number of rotatable bonds is 6. The molecule has 1 aliphatic rings. The van der Waals surface area contributed by atoms with Crippen molar-refractivity contribution in [2.45, 2.75) is 13.3 Å². The maximum atomic E-state index is 12.4. The SMILES string of the molecule is Cc1nc(-c2cccs2)sc1C(=O)NCCCN1CCN(C)CC1. The molecule has 0 spiro atoms. The van der Waals surface area contributed by atoms with Crippen LogP contribution in [0.2, 0.25) is 0 Å². The standard InChI is InChI=1S/C17H24N4OS2/c1-13-15(24-17(19-13)14-5-3-12-23-14)16(22)18-6-4-7-21-10-8-20(2)9-11-21/h3,5,12H,4,6-11H2,1-2H3,(H,18,22). The highest BCUT2D eigenvalue weighted by Crippen LogP contribution is 2.30. The average Bonchev–Trinajstić information content (AvgIpc) is 3.22. The van der Waals surface area contributed by atoms with E-state index < -0.39 is 0 Å². The van der Waals surface area contributed by atoms with Gasteiger partial charge < -0.3 is 15.1 Å². The minimum absolute atomic E-state index is 0.00573. The molecule has 0 radical (unpaired) electrons. The normalized spacial score (nSPS) is 16.4. The van der Waals surface area contributed by atoms with Crippen LogP contribution in [0.15, 0.2) is 17.5 Å². The maximum Gasteiger partial charge on any atom is 0.263 e. The lowest BCUT2D eigenvalue weighted by Gasteiger charge is -2.32. The summed E-state index contributed by atoms with van der Waals surface area (Å²) in [6.45, 7) is 8.21. The van der Waals surface area contributed by atoms with Gasteiger partial charge in [-0.2, -0.15) is 0 Å². The van der Waals surface area contributed by atoms with E-state index in [-0.39, 0.29) is 5.91 Å². The molecule has 5 nitrogen and oxygen atoms in total. The summed E-state index contributed by atoms with van der Waals surface area (Å²) >= 11 is 3.14. The Hall–Kier alpha value is -1.28. The van der Waals surface area contributed by atoms with Crippen LogP contribution in [-0.4, -0.2) is 67.0 Å². The number of thiophene rings is 1. The van der Waals surface area contributed by atoms with Crippen molar-refractivity contribution in [1.82, 2.24) is 20.1 Å². The van der Waals surface area contributed by atoms with Crippen LogP contribution < -0.4 is 5.32 Å². The van der Waals surface area contributed by atoms with Crippen molar-refractivity contribution < 1.29 is 4.79 Å². The third-order valence-electron chi connectivity index (χ3n) is 4.27. The van der Waals surface area contributed by atoms with Crippen LogP contribution in [0.3, 0.4) is 0 Å². The van der Waals surface area contributed by atoms with E-state index in [4.69, 9.17) is 0 Å². The minimum Gasteiger partial charge on any atom is -0.351 e. The van der Waals surface area contributed by atoms with Crippen LogP contribution in [-0.2, 0) is 0 Å². The van der Waals surface area contributed by atoms with Crippen LogP contribution in [0.25, 0.3) is 9.88 Å². The van der Waals surface area contributed by atoms with E-state index in [1.165, 1.54) is 11.3 Å². The highest BCUT2D eigenvalue weighted by atomic mass is 32.1. The molecule has 2 aromatic heterocycles. The Kier molecular flexibility index (Phi) is 5.99. The van der Waals surface area contributed by atoms with E-state index in [0.717, 1.165) is 66.1 Å². The zero-order valence-corrected chi connectivity index (χ0v) is 15.9. The predicted molar refractivity (Wildman–Crippen MR) is 101 cm³/mol. The first-order valence-electron chi connectivity index (χ1n) is 8.34. The fraction of sp³-hybridized carbons (Fsp3) is 0.529. The number of carbonyl (C=O) groups excluding carboxylic acids is 1. The summed E-state index contributed by atoms with van der Waals surface area (Å²) in [6.07, 6.45) is 0.991. The van der Waals surface area contributed by atoms with Crippen LogP contribution in [0.1, 0.15) is 21.8 Å². The van der Waals surface area contributed by atoms with Gasteiger partial charge in [-0.3, -0.25) is 4.79 Å². The van der Waals surface area contributed by atoms with Crippen LogP contribution in [0.5, 0.6) is 0 Å². The highest BCUT2D eigenvalue weighted by molar-refractivity contribution is 7.22. The third-order valence-corrected chi connectivity index (χ3v) is 6.46. The van der Waals surface area contributed by atoms with E-state index >= 15 is 0 Å². The summed E-state index contributed by atoms with van der Waals surface area (Å²) in [6, 6.07) is 4.05. The Bertz CT molecular complexity index is 660. The second kappa shape index (κ2) is 8.20. The number of piperazine rings is 1. The first-order chi connectivity index (χ1) is 11.6. The molecule has 0 aromatic carbocycles. The molecule has 0 bridgehead atoms. The molecule has 0 aliphatic carbocycles. The summed E-state index contributed by atoms with van der Waals surface area (Å²) in [5.41, 5.74) is 0.819. The van der Waals surface area contributed by atoms with Crippen LogP contribution in [0.4, 0.5) is 0 Å². The summed E-state index contributed by atoms with van der Waals surface area (Å²) in [5, 5.41) is 6.01. The quantitative estimate of drug-likeness (QED) is 0.801. The largest absolute Gasteiger partial charge is 0.351 e. The topological polar surface area (TPSA) is 48.5 Å². The Morgan fingerprint density at radius 1 is 1.33 bits per heavy atom.